The van der Waals surface area contributed by atoms with Gasteiger partial charge in [-0.3, -0.25) is 9.78 Å². The van der Waals surface area contributed by atoms with Gasteiger partial charge in [-0.1, -0.05) is 13.0 Å². The van der Waals surface area contributed by atoms with Gasteiger partial charge >= 0.3 is 0 Å². The number of ether oxygens (including phenoxy) is 1. The van der Waals surface area contributed by atoms with Crippen LogP contribution in [-0.4, -0.2) is 23.0 Å². The smallest absolute Gasteiger partial charge is 0.144 e. The fourth-order valence-corrected chi connectivity index (χ4v) is 3.06. The van der Waals surface area contributed by atoms with Crippen molar-refractivity contribution >= 4 is 5.78 Å². The van der Waals surface area contributed by atoms with Crippen molar-refractivity contribution in [2.24, 2.45) is 5.92 Å². The molecule has 0 aromatic carbocycles. The van der Waals surface area contributed by atoms with Crippen molar-refractivity contribution in [3.05, 3.63) is 29.6 Å². The molecule has 2 saturated heterocycles. The standard InChI is InChI=1S/C15H19NO2/c1-2-10-3-4-11(16-9-10)7-14(17)13-8-12-5-6-15(13)18-12/h3-4,9,12-13,15H,2,5-8H2,1H3. The molecule has 0 amide bonds. The molecule has 0 saturated carbocycles. The van der Waals surface area contributed by atoms with Crippen molar-refractivity contribution in [2.75, 3.05) is 0 Å². The van der Waals surface area contributed by atoms with Crippen LogP contribution in [0.4, 0.5) is 0 Å². The summed E-state index contributed by atoms with van der Waals surface area (Å²) in [6.45, 7) is 2.11. The van der Waals surface area contributed by atoms with Gasteiger partial charge in [0.25, 0.3) is 0 Å². The minimum atomic E-state index is 0.122. The second kappa shape index (κ2) is 4.81. The summed E-state index contributed by atoms with van der Waals surface area (Å²) in [5.74, 6) is 0.426. The molecule has 3 heteroatoms. The SMILES string of the molecule is CCc1ccc(CC(=O)C2CC3CCC2O3)nc1. The number of Topliss-reactive ketones (excluding diaryl/α,β-unsaturated/α-hetero) is 1. The summed E-state index contributed by atoms with van der Waals surface area (Å²) in [5, 5.41) is 0. The largest absolute Gasteiger partial charge is 0.374 e. The summed E-state index contributed by atoms with van der Waals surface area (Å²) >= 11 is 0. The van der Waals surface area contributed by atoms with Gasteiger partial charge < -0.3 is 4.74 Å². The minimum absolute atomic E-state index is 0.122. The molecular formula is C15H19NO2. The number of hydrogen-bond acceptors (Lipinski definition) is 3. The predicted molar refractivity (Wildman–Crippen MR) is 68.3 cm³/mol. The highest BCUT2D eigenvalue weighted by atomic mass is 16.5. The van der Waals surface area contributed by atoms with Crippen molar-refractivity contribution < 1.29 is 9.53 Å². The van der Waals surface area contributed by atoms with Crippen LogP contribution < -0.4 is 0 Å². The number of hydrogen-bond donors (Lipinski definition) is 0. The summed E-state index contributed by atoms with van der Waals surface area (Å²) in [4.78, 5) is 16.6. The number of carbonyl (C=O) groups is 1. The Morgan fingerprint density at radius 3 is 2.89 bits per heavy atom. The Hall–Kier alpha value is -1.22. The van der Waals surface area contributed by atoms with E-state index in [-0.39, 0.29) is 12.0 Å². The lowest BCUT2D eigenvalue weighted by atomic mass is 9.84. The van der Waals surface area contributed by atoms with Crippen LogP contribution >= 0.6 is 0 Å². The number of aryl methyl sites for hydroxylation is 1. The first-order valence-corrected chi connectivity index (χ1v) is 6.88. The third-order valence-corrected chi connectivity index (χ3v) is 4.17. The predicted octanol–water partition coefficient (Wildman–Crippen LogP) is 2.32. The van der Waals surface area contributed by atoms with Crippen molar-refractivity contribution in [2.45, 2.75) is 51.2 Å². The third-order valence-electron chi connectivity index (χ3n) is 4.17. The van der Waals surface area contributed by atoms with E-state index in [1.54, 1.807) is 0 Å². The average Bonchev–Trinajstić information content (AvgIpc) is 3.02. The zero-order chi connectivity index (χ0) is 12.5. The third kappa shape index (κ3) is 2.19. The van der Waals surface area contributed by atoms with Gasteiger partial charge in [0.1, 0.15) is 5.78 Å². The maximum atomic E-state index is 12.2. The number of rotatable bonds is 4. The number of nitrogens with zero attached hydrogens (tertiary/aromatic N) is 1. The van der Waals surface area contributed by atoms with E-state index in [0.717, 1.165) is 31.4 Å². The first kappa shape index (κ1) is 11.8. The van der Waals surface area contributed by atoms with Crippen LogP contribution in [0.5, 0.6) is 0 Å². The minimum Gasteiger partial charge on any atom is -0.374 e. The van der Waals surface area contributed by atoms with E-state index in [0.29, 0.717) is 18.3 Å². The molecule has 1 aromatic heterocycles. The Balaban J connectivity index is 1.63. The number of fused-ring (bicyclic) bond motifs is 2. The number of carbonyl (C=O) groups excluding carboxylic acids is 1. The molecule has 3 nitrogen and oxygen atoms in total. The molecule has 3 unspecified atom stereocenters. The van der Waals surface area contributed by atoms with Gasteiger partial charge in [0.05, 0.1) is 12.2 Å². The number of ketones is 1. The fraction of sp³-hybridized carbons (Fsp3) is 0.600. The van der Waals surface area contributed by atoms with E-state index in [9.17, 15) is 4.79 Å². The molecule has 0 N–H and O–H groups in total. The molecule has 0 radical (unpaired) electrons. The van der Waals surface area contributed by atoms with Crippen LogP contribution in [0, 0.1) is 5.92 Å². The Labute approximate surface area is 108 Å². The van der Waals surface area contributed by atoms with Crippen molar-refractivity contribution in [1.29, 1.82) is 0 Å². The van der Waals surface area contributed by atoms with Gasteiger partial charge in [-0.2, -0.15) is 0 Å². The molecule has 2 aliphatic heterocycles. The van der Waals surface area contributed by atoms with Gasteiger partial charge in [-0.15, -0.1) is 0 Å². The molecule has 1 aromatic rings. The quantitative estimate of drug-likeness (QED) is 0.817. The summed E-state index contributed by atoms with van der Waals surface area (Å²) < 4.78 is 5.74. The Morgan fingerprint density at radius 2 is 2.33 bits per heavy atom. The summed E-state index contributed by atoms with van der Waals surface area (Å²) in [6, 6.07) is 4.04. The Morgan fingerprint density at radius 1 is 1.44 bits per heavy atom. The Kier molecular flexibility index (Phi) is 3.16. The van der Waals surface area contributed by atoms with Gasteiger partial charge in [0, 0.05) is 24.2 Å². The van der Waals surface area contributed by atoms with Crippen LogP contribution in [0.1, 0.15) is 37.4 Å². The van der Waals surface area contributed by atoms with Gasteiger partial charge in [0.15, 0.2) is 0 Å². The zero-order valence-corrected chi connectivity index (χ0v) is 10.8. The van der Waals surface area contributed by atoms with Crippen LogP contribution in [0.2, 0.25) is 0 Å². The highest BCUT2D eigenvalue weighted by Gasteiger charge is 2.43. The zero-order valence-electron chi connectivity index (χ0n) is 10.8. The van der Waals surface area contributed by atoms with Crippen molar-refractivity contribution in [3.8, 4) is 0 Å². The van der Waals surface area contributed by atoms with Crippen LogP contribution in [0.3, 0.4) is 0 Å². The van der Waals surface area contributed by atoms with Crippen LogP contribution in [0.25, 0.3) is 0 Å². The highest BCUT2D eigenvalue weighted by molar-refractivity contribution is 5.83. The monoisotopic (exact) mass is 245 g/mol. The maximum Gasteiger partial charge on any atom is 0.144 e. The van der Waals surface area contributed by atoms with E-state index in [2.05, 4.69) is 18.0 Å². The topological polar surface area (TPSA) is 39.2 Å². The molecule has 2 fully saturated rings. The molecular weight excluding hydrogens is 226 g/mol. The van der Waals surface area contributed by atoms with E-state index < -0.39 is 0 Å². The number of pyridine rings is 1. The molecule has 18 heavy (non-hydrogen) atoms. The van der Waals surface area contributed by atoms with E-state index in [4.69, 9.17) is 4.74 Å². The lowest BCUT2D eigenvalue weighted by Crippen LogP contribution is -2.26. The second-order valence-corrected chi connectivity index (χ2v) is 5.37. The molecule has 2 aliphatic rings. The van der Waals surface area contributed by atoms with Crippen molar-refractivity contribution in [1.82, 2.24) is 4.98 Å². The fourth-order valence-electron chi connectivity index (χ4n) is 3.06. The molecule has 0 spiro atoms. The lowest BCUT2D eigenvalue weighted by molar-refractivity contribution is -0.123. The summed E-state index contributed by atoms with van der Waals surface area (Å²) in [7, 11) is 0. The first-order chi connectivity index (χ1) is 8.76. The Bertz CT molecular complexity index is 440. The molecule has 3 rings (SSSR count). The summed E-state index contributed by atoms with van der Waals surface area (Å²) in [5.41, 5.74) is 2.11. The first-order valence-electron chi connectivity index (χ1n) is 6.88. The van der Waals surface area contributed by atoms with E-state index >= 15 is 0 Å². The van der Waals surface area contributed by atoms with E-state index in [1.165, 1.54) is 5.56 Å². The normalized spacial score (nSPS) is 29.7. The molecule has 3 atom stereocenters. The number of aromatic nitrogens is 1. The molecule has 0 aliphatic carbocycles. The summed E-state index contributed by atoms with van der Waals surface area (Å²) in [6.07, 6.45) is 6.98. The average molecular weight is 245 g/mol. The molecule has 96 valence electrons. The second-order valence-electron chi connectivity index (χ2n) is 5.37. The van der Waals surface area contributed by atoms with Crippen LogP contribution in [-0.2, 0) is 22.4 Å². The molecule has 3 heterocycles. The maximum absolute atomic E-state index is 12.2. The van der Waals surface area contributed by atoms with E-state index in [1.807, 2.05) is 12.3 Å². The van der Waals surface area contributed by atoms with Gasteiger partial charge in [-0.25, -0.2) is 0 Å². The van der Waals surface area contributed by atoms with Gasteiger partial charge in [-0.05, 0) is 37.3 Å². The van der Waals surface area contributed by atoms with Crippen molar-refractivity contribution in [3.63, 3.8) is 0 Å². The molecule has 2 bridgehead atoms. The van der Waals surface area contributed by atoms with Gasteiger partial charge in [0.2, 0.25) is 0 Å². The lowest BCUT2D eigenvalue weighted by Gasteiger charge is -2.16. The highest BCUT2D eigenvalue weighted by Crippen LogP contribution is 2.39. The van der Waals surface area contributed by atoms with Crippen LogP contribution in [0.15, 0.2) is 18.3 Å².